The lowest BCUT2D eigenvalue weighted by atomic mass is 10.1. The monoisotopic (exact) mass is 188 g/mol. The maximum atomic E-state index is 9.49. The van der Waals surface area contributed by atoms with Crippen LogP contribution in [0.5, 0.6) is 5.75 Å². The van der Waals surface area contributed by atoms with Gasteiger partial charge in [-0.25, -0.2) is 0 Å². The predicted octanol–water partition coefficient (Wildman–Crippen LogP) is 1.75. The number of aromatic hydroxyl groups is 1. The Hall–Kier alpha value is -2.10. The summed E-state index contributed by atoms with van der Waals surface area (Å²) in [5.74, 6) is 0.121. The van der Waals surface area contributed by atoms with E-state index >= 15 is 0 Å². The molecule has 2 rings (SSSR count). The van der Waals surface area contributed by atoms with E-state index in [0.717, 1.165) is 5.39 Å². The van der Waals surface area contributed by atoms with Crippen LogP contribution in [-0.2, 0) is 0 Å². The number of benzene rings is 1. The van der Waals surface area contributed by atoms with Gasteiger partial charge in [0.2, 0.25) is 0 Å². The van der Waals surface area contributed by atoms with Crippen molar-refractivity contribution in [1.29, 1.82) is 0 Å². The highest BCUT2D eigenvalue weighted by molar-refractivity contribution is 5.99. The molecule has 4 heteroatoms. The number of para-hydroxylation sites is 1. The van der Waals surface area contributed by atoms with Crippen molar-refractivity contribution in [3.05, 3.63) is 36.0 Å². The molecule has 4 nitrogen and oxygen atoms in total. The standard InChI is InChI=1S/C10H8N2O2/c13-9-3-1-2-8-7(6-12-14)4-5-11-10(8)9/h1-6,13-14H. The molecule has 1 heterocycles. The molecule has 0 spiro atoms. The molecule has 0 atom stereocenters. The second-order valence-electron chi connectivity index (χ2n) is 2.82. The van der Waals surface area contributed by atoms with Crippen molar-refractivity contribution in [2.24, 2.45) is 5.16 Å². The van der Waals surface area contributed by atoms with Crippen LogP contribution >= 0.6 is 0 Å². The fraction of sp³-hybridized carbons (Fsp3) is 0. The Labute approximate surface area is 80.1 Å². The number of hydrogen-bond acceptors (Lipinski definition) is 4. The van der Waals surface area contributed by atoms with Crippen LogP contribution in [0, 0.1) is 0 Å². The van der Waals surface area contributed by atoms with Gasteiger partial charge >= 0.3 is 0 Å². The molecule has 0 aliphatic heterocycles. The fourth-order valence-corrected chi connectivity index (χ4v) is 1.36. The minimum atomic E-state index is 0.121. The van der Waals surface area contributed by atoms with Gasteiger partial charge in [0.25, 0.3) is 0 Å². The van der Waals surface area contributed by atoms with E-state index in [4.69, 9.17) is 5.21 Å². The third-order valence-corrected chi connectivity index (χ3v) is 1.98. The van der Waals surface area contributed by atoms with Gasteiger partial charge in [-0.3, -0.25) is 4.98 Å². The minimum Gasteiger partial charge on any atom is -0.506 e. The first-order valence-electron chi connectivity index (χ1n) is 4.07. The molecule has 2 N–H and O–H groups in total. The number of nitrogens with zero attached hydrogens (tertiary/aromatic N) is 2. The van der Waals surface area contributed by atoms with Gasteiger partial charge in [-0.05, 0) is 12.1 Å². The second-order valence-corrected chi connectivity index (χ2v) is 2.82. The SMILES string of the molecule is ON=Cc1ccnc2c(O)cccc12. The quantitative estimate of drug-likeness (QED) is 0.407. The maximum Gasteiger partial charge on any atom is 0.141 e. The van der Waals surface area contributed by atoms with Crippen molar-refractivity contribution in [3.8, 4) is 5.75 Å². The molecule has 0 unspecified atom stereocenters. The summed E-state index contributed by atoms with van der Waals surface area (Å²) >= 11 is 0. The van der Waals surface area contributed by atoms with Crippen LogP contribution in [0.3, 0.4) is 0 Å². The minimum absolute atomic E-state index is 0.121. The summed E-state index contributed by atoms with van der Waals surface area (Å²) in [6.07, 6.45) is 2.86. The number of pyridine rings is 1. The van der Waals surface area contributed by atoms with Crippen molar-refractivity contribution < 1.29 is 10.3 Å². The Balaban J connectivity index is 2.81. The van der Waals surface area contributed by atoms with Gasteiger partial charge in [0.05, 0.1) is 6.21 Å². The molecule has 0 bridgehead atoms. The number of phenols is 1. The molecule has 0 amide bonds. The average molecular weight is 188 g/mol. The molecule has 1 aromatic heterocycles. The lowest BCUT2D eigenvalue weighted by Gasteiger charge is -2.01. The zero-order chi connectivity index (χ0) is 9.97. The number of aromatic nitrogens is 1. The third-order valence-electron chi connectivity index (χ3n) is 1.98. The number of oxime groups is 1. The summed E-state index contributed by atoms with van der Waals surface area (Å²) in [6, 6.07) is 6.80. The van der Waals surface area contributed by atoms with Gasteiger partial charge in [0.1, 0.15) is 11.3 Å². The zero-order valence-electron chi connectivity index (χ0n) is 7.25. The topological polar surface area (TPSA) is 65.7 Å². The Kier molecular flexibility index (Phi) is 2.02. The number of rotatable bonds is 1. The van der Waals surface area contributed by atoms with E-state index in [2.05, 4.69) is 10.1 Å². The summed E-state index contributed by atoms with van der Waals surface area (Å²) in [7, 11) is 0. The lowest BCUT2D eigenvalue weighted by Crippen LogP contribution is -1.87. The molecular formula is C10H8N2O2. The average Bonchev–Trinajstić information content (AvgIpc) is 2.20. The van der Waals surface area contributed by atoms with E-state index in [0.29, 0.717) is 11.1 Å². The first kappa shape index (κ1) is 8.50. The molecule has 2 aromatic rings. The van der Waals surface area contributed by atoms with Crippen molar-refractivity contribution in [2.45, 2.75) is 0 Å². The molecule has 0 aliphatic rings. The smallest absolute Gasteiger partial charge is 0.141 e. The Morgan fingerprint density at radius 1 is 1.29 bits per heavy atom. The predicted molar refractivity (Wildman–Crippen MR) is 52.8 cm³/mol. The molecule has 0 saturated carbocycles. The molecule has 0 radical (unpaired) electrons. The van der Waals surface area contributed by atoms with Crippen LogP contribution in [0.2, 0.25) is 0 Å². The van der Waals surface area contributed by atoms with Gasteiger partial charge in [-0.2, -0.15) is 0 Å². The van der Waals surface area contributed by atoms with Crippen LogP contribution in [0.15, 0.2) is 35.6 Å². The normalized spacial score (nSPS) is 11.1. The molecule has 0 saturated heterocycles. The van der Waals surface area contributed by atoms with Crippen LogP contribution in [0.4, 0.5) is 0 Å². The van der Waals surface area contributed by atoms with Gasteiger partial charge in [0, 0.05) is 17.1 Å². The first-order valence-corrected chi connectivity index (χ1v) is 4.07. The van der Waals surface area contributed by atoms with Crippen molar-refractivity contribution in [2.75, 3.05) is 0 Å². The van der Waals surface area contributed by atoms with Crippen molar-refractivity contribution in [1.82, 2.24) is 4.98 Å². The highest BCUT2D eigenvalue weighted by atomic mass is 16.4. The van der Waals surface area contributed by atoms with E-state index in [9.17, 15) is 5.11 Å². The van der Waals surface area contributed by atoms with E-state index in [-0.39, 0.29) is 5.75 Å². The lowest BCUT2D eigenvalue weighted by molar-refractivity contribution is 0.322. The molecule has 1 aromatic carbocycles. The van der Waals surface area contributed by atoms with Crippen molar-refractivity contribution >= 4 is 17.1 Å². The van der Waals surface area contributed by atoms with E-state index in [1.807, 2.05) is 0 Å². The van der Waals surface area contributed by atoms with Gasteiger partial charge in [0.15, 0.2) is 0 Å². The first-order chi connectivity index (χ1) is 6.83. The second kappa shape index (κ2) is 3.33. The van der Waals surface area contributed by atoms with Gasteiger partial charge in [-0.1, -0.05) is 17.3 Å². The van der Waals surface area contributed by atoms with E-state index in [1.54, 1.807) is 30.5 Å². The number of hydrogen-bond donors (Lipinski definition) is 2. The Morgan fingerprint density at radius 3 is 2.93 bits per heavy atom. The van der Waals surface area contributed by atoms with Crippen LogP contribution in [-0.4, -0.2) is 21.5 Å². The largest absolute Gasteiger partial charge is 0.506 e. The van der Waals surface area contributed by atoms with Gasteiger partial charge < -0.3 is 10.3 Å². The summed E-state index contributed by atoms with van der Waals surface area (Å²) in [5, 5.41) is 21.6. The third kappa shape index (κ3) is 1.26. The van der Waals surface area contributed by atoms with E-state index in [1.165, 1.54) is 6.21 Å². The summed E-state index contributed by atoms with van der Waals surface area (Å²) in [4.78, 5) is 4.03. The van der Waals surface area contributed by atoms with Crippen LogP contribution in [0.1, 0.15) is 5.56 Å². The highest BCUT2D eigenvalue weighted by Gasteiger charge is 2.02. The highest BCUT2D eigenvalue weighted by Crippen LogP contribution is 2.23. The molecule has 70 valence electrons. The zero-order valence-corrected chi connectivity index (χ0v) is 7.25. The number of phenolic OH excluding ortho intramolecular Hbond substituents is 1. The molecule has 0 fully saturated rings. The van der Waals surface area contributed by atoms with Crippen LogP contribution < -0.4 is 0 Å². The summed E-state index contributed by atoms with van der Waals surface area (Å²) in [5.41, 5.74) is 1.22. The molecule has 14 heavy (non-hydrogen) atoms. The fourth-order valence-electron chi connectivity index (χ4n) is 1.36. The van der Waals surface area contributed by atoms with E-state index < -0.39 is 0 Å². The molecular weight excluding hydrogens is 180 g/mol. The van der Waals surface area contributed by atoms with Gasteiger partial charge in [-0.15, -0.1) is 0 Å². The Morgan fingerprint density at radius 2 is 2.14 bits per heavy atom. The summed E-state index contributed by atoms with van der Waals surface area (Å²) in [6.45, 7) is 0. The maximum absolute atomic E-state index is 9.49. The number of fused-ring (bicyclic) bond motifs is 1. The Bertz CT molecular complexity index is 494. The summed E-state index contributed by atoms with van der Waals surface area (Å²) < 4.78 is 0. The van der Waals surface area contributed by atoms with Crippen molar-refractivity contribution in [3.63, 3.8) is 0 Å². The van der Waals surface area contributed by atoms with Crippen LogP contribution in [0.25, 0.3) is 10.9 Å². The molecule has 0 aliphatic carbocycles.